The van der Waals surface area contributed by atoms with E-state index < -0.39 is 5.97 Å². The maximum atomic E-state index is 6.11. The number of rotatable bonds is 17. The molecule has 1 aliphatic heterocycles. The fourth-order valence-corrected chi connectivity index (χ4v) is 3.87. The fraction of sp³-hybridized carbons (Fsp3) is 1.00. The van der Waals surface area contributed by atoms with Crippen LogP contribution in [-0.2, 0) is 18.9 Å². The lowest BCUT2D eigenvalue weighted by Crippen LogP contribution is -2.48. The average Bonchev–Trinajstić information content (AvgIpc) is 2.59. The van der Waals surface area contributed by atoms with E-state index >= 15 is 0 Å². The molecule has 4 nitrogen and oxygen atoms in total. The standard InChI is InChI=1S/C22H44O4/c1-6-10-11-12-13-14-15-20(16-17-21(5)18-23-19-21)22(24-7-2,25-8-3)26-9-4/h20H,6-19H2,1-5H3. The molecule has 0 aromatic rings. The predicted molar refractivity (Wildman–Crippen MR) is 107 cm³/mol. The third-order valence-corrected chi connectivity index (χ3v) is 5.44. The topological polar surface area (TPSA) is 36.9 Å². The second kappa shape index (κ2) is 13.1. The normalized spacial score (nSPS) is 17.9. The molecule has 1 aliphatic rings. The quantitative estimate of drug-likeness (QED) is 0.234. The molecule has 0 bridgehead atoms. The molecule has 0 aromatic heterocycles. The molecule has 0 aliphatic carbocycles. The molecular weight excluding hydrogens is 328 g/mol. The van der Waals surface area contributed by atoms with E-state index in [1.165, 1.54) is 38.5 Å². The van der Waals surface area contributed by atoms with E-state index in [2.05, 4.69) is 13.8 Å². The largest absolute Gasteiger partial charge is 0.380 e. The van der Waals surface area contributed by atoms with E-state index in [-0.39, 0.29) is 5.92 Å². The first-order valence-electron chi connectivity index (χ1n) is 11.1. The zero-order valence-electron chi connectivity index (χ0n) is 18.1. The first-order chi connectivity index (χ1) is 12.6. The molecule has 0 aromatic carbocycles. The van der Waals surface area contributed by atoms with Crippen molar-refractivity contribution in [2.24, 2.45) is 11.3 Å². The van der Waals surface area contributed by atoms with Crippen LogP contribution >= 0.6 is 0 Å². The van der Waals surface area contributed by atoms with Crippen LogP contribution in [0, 0.1) is 11.3 Å². The molecule has 0 N–H and O–H groups in total. The lowest BCUT2D eigenvalue weighted by atomic mass is 9.79. The first-order valence-corrected chi connectivity index (χ1v) is 11.1. The van der Waals surface area contributed by atoms with Crippen molar-refractivity contribution in [2.45, 2.75) is 98.4 Å². The molecule has 1 rings (SSSR count). The third kappa shape index (κ3) is 7.84. The molecule has 1 heterocycles. The van der Waals surface area contributed by atoms with Crippen LogP contribution in [-0.4, -0.2) is 39.0 Å². The van der Waals surface area contributed by atoms with E-state index in [9.17, 15) is 0 Å². The van der Waals surface area contributed by atoms with Crippen LogP contribution in [0.5, 0.6) is 0 Å². The van der Waals surface area contributed by atoms with E-state index in [0.29, 0.717) is 25.2 Å². The van der Waals surface area contributed by atoms with E-state index in [0.717, 1.165) is 32.5 Å². The summed E-state index contributed by atoms with van der Waals surface area (Å²) in [5, 5.41) is 0. The van der Waals surface area contributed by atoms with Gasteiger partial charge in [0.05, 0.1) is 13.2 Å². The molecular formula is C22H44O4. The summed E-state index contributed by atoms with van der Waals surface area (Å²) in [6.45, 7) is 14.2. The molecule has 1 unspecified atom stereocenters. The first kappa shape index (κ1) is 23.9. The van der Waals surface area contributed by atoms with Crippen LogP contribution in [0.3, 0.4) is 0 Å². The lowest BCUT2D eigenvalue weighted by molar-refractivity contribution is -0.404. The summed E-state index contributed by atoms with van der Waals surface area (Å²) in [4.78, 5) is 0. The van der Waals surface area contributed by atoms with Gasteiger partial charge < -0.3 is 18.9 Å². The summed E-state index contributed by atoms with van der Waals surface area (Å²) in [6, 6.07) is 0. The highest BCUT2D eigenvalue weighted by molar-refractivity contribution is 4.83. The predicted octanol–water partition coefficient (Wildman–Crippen LogP) is 5.93. The Kier molecular flexibility index (Phi) is 12.0. The molecule has 1 saturated heterocycles. The summed E-state index contributed by atoms with van der Waals surface area (Å²) in [6.07, 6.45) is 11.1. The molecule has 0 spiro atoms. The number of unbranched alkanes of at least 4 members (excludes halogenated alkanes) is 5. The highest BCUT2D eigenvalue weighted by Crippen LogP contribution is 2.39. The third-order valence-electron chi connectivity index (χ3n) is 5.44. The summed E-state index contributed by atoms with van der Waals surface area (Å²) < 4.78 is 23.8. The Balaban J connectivity index is 2.69. The molecule has 1 fully saturated rings. The fourth-order valence-electron chi connectivity index (χ4n) is 3.87. The zero-order valence-corrected chi connectivity index (χ0v) is 18.1. The zero-order chi connectivity index (χ0) is 19.3. The van der Waals surface area contributed by atoms with Crippen molar-refractivity contribution >= 4 is 0 Å². The second-order valence-electron chi connectivity index (χ2n) is 8.00. The van der Waals surface area contributed by atoms with E-state index in [1.807, 2.05) is 20.8 Å². The van der Waals surface area contributed by atoms with Crippen molar-refractivity contribution < 1.29 is 18.9 Å². The molecule has 4 heteroatoms. The highest BCUT2D eigenvalue weighted by Gasteiger charge is 2.43. The summed E-state index contributed by atoms with van der Waals surface area (Å²) in [5.74, 6) is -0.617. The van der Waals surface area contributed by atoms with Crippen molar-refractivity contribution in [1.29, 1.82) is 0 Å². The van der Waals surface area contributed by atoms with Gasteiger partial charge in [0.2, 0.25) is 0 Å². The molecule has 0 radical (unpaired) electrons. The van der Waals surface area contributed by atoms with Crippen molar-refractivity contribution in [2.75, 3.05) is 33.0 Å². The Hall–Kier alpha value is -0.160. The lowest BCUT2D eigenvalue weighted by Gasteiger charge is -2.43. The highest BCUT2D eigenvalue weighted by atomic mass is 16.9. The van der Waals surface area contributed by atoms with E-state index in [1.54, 1.807) is 0 Å². The summed E-state index contributed by atoms with van der Waals surface area (Å²) in [7, 11) is 0. The van der Waals surface area contributed by atoms with Gasteiger partial charge in [-0.05, 0) is 40.0 Å². The monoisotopic (exact) mass is 372 g/mol. The van der Waals surface area contributed by atoms with Gasteiger partial charge in [-0.2, -0.15) is 0 Å². The van der Waals surface area contributed by atoms with Gasteiger partial charge in [-0.15, -0.1) is 0 Å². The van der Waals surface area contributed by atoms with Gasteiger partial charge >= 0.3 is 0 Å². The maximum Gasteiger partial charge on any atom is 0.285 e. The Bertz CT molecular complexity index is 324. The maximum absolute atomic E-state index is 6.11. The summed E-state index contributed by atoms with van der Waals surface area (Å²) in [5.41, 5.74) is 0.315. The van der Waals surface area contributed by atoms with Crippen molar-refractivity contribution in [3.05, 3.63) is 0 Å². The average molecular weight is 373 g/mol. The van der Waals surface area contributed by atoms with Crippen LogP contribution in [0.1, 0.15) is 92.4 Å². The van der Waals surface area contributed by atoms with E-state index in [4.69, 9.17) is 18.9 Å². The van der Waals surface area contributed by atoms with Crippen molar-refractivity contribution in [3.8, 4) is 0 Å². The minimum absolute atomic E-state index is 0.269. The molecule has 0 saturated carbocycles. The van der Waals surface area contributed by atoms with Gasteiger partial charge in [0.25, 0.3) is 5.97 Å². The van der Waals surface area contributed by atoms with Crippen molar-refractivity contribution in [3.63, 3.8) is 0 Å². The molecule has 0 amide bonds. The minimum Gasteiger partial charge on any atom is -0.380 e. The molecule has 26 heavy (non-hydrogen) atoms. The number of ether oxygens (including phenoxy) is 4. The van der Waals surface area contributed by atoms with Crippen LogP contribution in [0.15, 0.2) is 0 Å². The number of hydrogen-bond donors (Lipinski definition) is 0. The number of hydrogen-bond acceptors (Lipinski definition) is 4. The summed E-state index contributed by atoms with van der Waals surface area (Å²) >= 11 is 0. The van der Waals surface area contributed by atoms with Gasteiger partial charge in [0, 0.05) is 31.2 Å². The van der Waals surface area contributed by atoms with Crippen LogP contribution in [0.25, 0.3) is 0 Å². The second-order valence-corrected chi connectivity index (χ2v) is 8.00. The van der Waals surface area contributed by atoms with Crippen LogP contribution in [0.2, 0.25) is 0 Å². The van der Waals surface area contributed by atoms with Gasteiger partial charge in [0.15, 0.2) is 0 Å². The van der Waals surface area contributed by atoms with Crippen LogP contribution in [0.4, 0.5) is 0 Å². The molecule has 156 valence electrons. The van der Waals surface area contributed by atoms with Gasteiger partial charge in [-0.1, -0.05) is 52.4 Å². The minimum atomic E-state index is -0.886. The molecule has 1 atom stereocenters. The smallest absolute Gasteiger partial charge is 0.285 e. The Morgan fingerprint density at radius 1 is 0.808 bits per heavy atom. The van der Waals surface area contributed by atoms with Crippen molar-refractivity contribution in [1.82, 2.24) is 0 Å². The Morgan fingerprint density at radius 2 is 1.35 bits per heavy atom. The van der Waals surface area contributed by atoms with Gasteiger partial charge in [-0.3, -0.25) is 0 Å². The van der Waals surface area contributed by atoms with Gasteiger partial charge in [-0.25, -0.2) is 0 Å². The Morgan fingerprint density at radius 3 is 1.81 bits per heavy atom. The Labute approximate surface area is 162 Å². The SMILES string of the molecule is CCCCCCCCC(CCC1(C)COC1)C(OCC)(OCC)OCC. The van der Waals surface area contributed by atoms with Crippen LogP contribution < -0.4 is 0 Å². The van der Waals surface area contributed by atoms with Gasteiger partial charge in [0.1, 0.15) is 0 Å².